The van der Waals surface area contributed by atoms with Crippen LogP contribution < -0.4 is 14.8 Å². The molecule has 10 nitrogen and oxygen atoms in total. The molecule has 0 saturated carbocycles. The zero-order valence-electron chi connectivity index (χ0n) is 20.9. The molecule has 1 aliphatic rings. The third-order valence-corrected chi connectivity index (χ3v) is 8.20. The molecule has 4 rings (SSSR count). The quantitative estimate of drug-likeness (QED) is 0.381. The van der Waals surface area contributed by atoms with Gasteiger partial charge in [0.15, 0.2) is 0 Å². The van der Waals surface area contributed by atoms with Gasteiger partial charge in [-0.3, -0.25) is 9.69 Å². The molecule has 2 N–H and O–H groups in total. The van der Waals surface area contributed by atoms with E-state index in [1.807, 2.05) is 24.3 Å². The Morgan fingerprint density at radius 1 is 1.19 bits per heavy atom. The van der Waals surface area contributed by atoms with Crippen LogP contribution in [0, 0.1) is 5.92 Å². The van der Waals surface area contributed by atoms with Gasteiger partial charge < -0.3 is 14.6 Å². The second-order valence-corrected chi connectivity index (χ2v) is 11.8. The van der Waals surface area contributed by atoms with Gasteiger partial charge in [0, 0.05) is 22.0 Å². The molecule has 1 aliphatic heterocycles. The van der Waals surface area contributed by atoms with Crippen molar-refractivity contribution in [3.63, 3.8) is 0 Å². The maximum absolute atomic E-state index is 13.0. The topological polar surface area (TPSA) is 127 Å². The van der Waals surface area contributed by atoms with Gasteiger partial charge in [-0.1, -0.05) is 21.1 Å². The maximum atomic E-state index is 13.0. The van der Waals surface area contributed by atoms with Gasteiger partial charge in [-0.05, 0) is 82.2 Å². The lowest BCUT2D eigenvalue weighted by Gasteiger charge is -2.30. The van der Waals surface area contributed by atoms with Crippen LogP contribution in [0.1, 0.15) is 32.6 Å². The Kier molecular flexibility index (Phi) is 8.63. The number of hydrogen-bond acceptors (Lipinski definition) is 8. The van der Waals surface area contributed by atoms with Crippen LogP contribution in [0.25, 0.3) is 11.4 Å². The molecule has 0 unspecified atom stereocenters. The largest absolute Gasteiger partial charge is 0.495 e. The van der Waals surface area contributed by atoms with Crippen molar-refractivity contribution in [1.82, 2.24) is 19.8 Å². The number of likely N-dealkylation sites (tertiary alicyclic amines) is 1. The number of ether oxygens (including phenoxy) is 1. The van der Waals surface area contributed by atoms with Crippen LogP contribution in [-0.4, -0.2) is 55.6 Å². The van der Waals surface area contributed by atoms with Gasteiger partial charge >= 0.3 is 0 Å². The molecule has 37 heavy (non-hydrogen) atoms. The molecule has 198 valence electrons. The fourth-order valence-corrected chi connectivity index (χ4v) is 5.69. The molecule has 2 heterocycles. The lowest BCUT2D eigenvalue weighted by atomic mass is 9.96. The average molecular weight is 593 g/mol. The molecule has 0 spiro atoms. The molecule has 0 atom stereocenters. The molecule has 0 aliphatic carbocycles. The van der Waals surface area contributed by atoms with Crippen LogP contribution in [0.4, 0.5) is 5.69 Å². The highest BCUT2D eigenvalue weighted by Crippen LogP contribution is 2.29. The Bertz CT molecular complexity index is 1340. The highest BCUT2D eigenvalue weighted by atomic mass is 79.9. The zero-order chi connectivity index (χ0) is 26.6. The van der Waals surface area contributed by atoms with Gasteiger partial charge in [0.2, 0.25) is 27.6 Å². The number of piperidine rings is 1. The standard InChI is InChI=1S/C25H30BrN5O5S/c1-16(2)30-37(33,34)20-8-9-22(35-3)21(14-20)27-25(32)18-10-12-31(13-11-18)15-23-28-24(29-36-23)17-4-6-19(26)7-5-17/h4-9,14,16,18,30H,10-13,15H2,1-3H3,(H,27,32). The first-order chi connectivity index (χ1) is 17.6. The van der Waals surface area contributed by atoms with Gasteiger partial charge in [0.05, 0.1) is 24.2 Å². The van der Waals surface area contributed by atoms with Crippen LogP contribution >= 0.6 is 15.9 Å². The summed E-state index contributed by atoms with van der Waals surface area (Å²) in [5, 5.41) is 6.94. The number of methoxy groups -OCH3 is 1. The number of nitrogens with zero attached hydrogens (tertiary/aromatic N) is 3. The number of carbonyl (C=O) groups excluding carboxylic acids is 1. The molecular formula is C25H30BrN5O5S. The fourth-order valence-electron chi connectivity index (χ4n) is 4.14. The SMILES string of the molecule is COc1ccc(S(=O)(=O)NC(C)C)cc1NC(=O)C1CCN(Cc2nc(-c3ccc(Br)cc3)no2)CC1. The second-order valence-electron chi connectivity index (χ2n) is 9.20. The van der Waals surface area contributed by atoms with Crippen molar-refractivity contribution in [2.24, 2.45) is 5.92 Å². The highest BCUT2D eigenvalue weighted by molar-refractivity contribution is 9.10. The molecule has 1 saturated heterocycles. The zero-order valence-corrected chi connectivity index (χ0v) is 23.3. The van der Waals surface area contributed by atoms with E-state index in [1.165, 1.54) is 19.2 Å². The number of aromatic nitrogens is 2. The van der Waals surface area contributed by atoms with Gasteiger partial charge in [0.25, 0.3) is 0 Å². The summed E-state index contributed by atoms with van der Waals surface area (Å²) in [6.45, 7) is 5.39. The monoisotopic (exact) mass is 591 g/mol. The van der Waals surface area contributed by atoms with E-state index in [2.05, 4.69) is 41.0 Å². The molecule has 1 amide bonds. The first kappa shape index (κ1) is 27.2. The van der Waals surface area contributed by atoms with Crippen molar-refractivity contribution < 1.29 is 22.5 Å². The summed E-state index contributed by atoms with van der Waals surface area (Å²) < 4.78 is 39.4. The van der Waals surface area contributed by atoms with Gasteiger partial charge in [-0.15, -0.1) is 0 Å². The first-order valence-corrected chi connectivity index (χ1v) is 14.2. The highest BCUT2D eigenvalue weighted by Gasteiger charge is 2.27. The van der Waals surface area contributed by atoms with E-state index < -0.39 is 10.0 Å². The number of benzene rings is 2. The predicted octanol–water partition coefficient (Wildman–Crippen LogP) is 4.05. The molecule has 2 aromatic carbocycles. The maximum Gasteiger partial charge on any atom is 0.241 e. The molecule has 0 bridgehead atoms. The Morgan fingerprint density at radius 2 is 1.89 bits per heavy atom. The fraction of sp³-hybridized carbons (Fsp3) is 0.400. The van der Waals surface area contributed by atoms with E-state index in [0.717, 1.165) is 10.0 Å². The lowest BCUT2D eigenvalue weighted by molar-refractivity contribution is -0.121. The summed E-state index contributed by atoms with van der Waals surface area (Å²) in [6, 6.07) is 11.9. The lowest BCUT2D eigenvalue weighted by Crippen LogP contribution is -2.38. The van der Waals surface area contributed by atoms with Crippen molar-refractivity contribution in [2.45, 2.75) is 44.2 Å². The Hall–Kier alpha value is -2.80. The molecular weight excluding hydrogens is 562 g/mol. The van der Waals surface area contributed by atoms with Crippen molar-refractivity contribution in [3.8, 4) is 17.1 Å². The van der Waals surface area contributed by atoms with Crippen LogP contribution in [0.15, 0.2) is 56.4 Å². The first-order valence-electron chi connectivity index (χ1n) is 12.0. The van der Waals surface area contributed by atoms with E-state index in [-0.39, 0.29) is 22.8 Å². The van der Waals surface area contributed by atoms with Crippen molar-refractivity contribution in [2.75, 3.05) is 25.5 Å². The van der Waals surface area contributed by atoms with Gasteiger partial charge in [0.1, 0.15) is 5.75 Å². The number of amides is 1. The minimum atomic E-state index is -3.71. The number of halogens is 1. The van der Waals surface area contributed by atoms with Crippen molar-refractivity contribution in [3.05, 3.63) is 52.8 Å². The van der Waals surface area contributed by atoms with E-state index >= 15 is 0 Å². The average Bonchev–Trinajstić information content (AvgIpc) is 3.32. The molecule has 12 heteroatoms. The Balaban J connectivity index is 1.35. The Labute approximate surface area is 225 Å². The van der Waals surface area contributed by atoms with E-state index in [0.29, 0.717) is 55.6 Å². The van der Waals surface area contributed by atoms with Gasteiger partial charge in [-0.25, -0.2) is 13.1 Å². The number of anilines is 1. The summed E-state index contributed by atoms with van der Waals surface area (Å²) in [5.41, 5.74) is 1.20. The molecule has 0 radical (unpaired) electrons. The number of carbonyl (C=O) groups is 1. The molecule has 1 aromatic heterocycles. The van der Waals surface area contributed by atoms with Crippen LogP contribution in [0.3, 0.4) is 0 Å². The van der Waals surface area contributed by atoms with E-state index in [9.17, 15) is 13.2 Å². The number of hydrogen-bond donors (Lipinski definition) is 2. The summed E-state index contributed by atoms with van der Waals surface area (Å²) in [5.74, 6) is 1.08. The summed E-state index contributed by atoms with van der Waals surface area (Å²) in [4.78, 5) is 19.8. The number of nitrogens with one attached hydrogen (secondary N) is 2. The van der Waals surface area contributed by atoms with Crippen molar-refractivity contribution >= 4 is 37.5 Å². The minimum absolute atomic E-state index is 0.0641. The number of sulfonamides is 1. The number of rotatable bonds is 9. The van der Waals surface area contributed by atoms with E-state index in [1.54, 1.807) is 19.9 Å². The summed E-state index contributed by atoms with van der Waals surface area (Å²) in [7, 11) is -2.23. The normalized spacial score (nSPS) is 15.2. The molecule has 1 fully saturated rings. The summed E-state index contributed by atoms with van der Waals surface area (Å²) >= 11 is 3.42. The molecule has 3 aromatic rings. The van der Waals surface area contributed by atoms with Crippen LogP contribution in [0.5, 0.6) is 5.75 Å². The predicted molar refractivity (Wildman–Crippen MR) is 143 cm³/mol. The summed E-state index contributed by atoms with van der Waals surface area (Å²) in [6.07, 6.45) is 1.30. The van der Waals surface area contributed by atoms with Crippen molar-refractivity contribution in [1.29, 1.82) is 0 Å². The third-order valence-electron chi connectivity index (χ3n) is 6.02. The van der Waals surface area contributed by atoms with Crippen LogP contribution in [-0.2, 0) is 21.4 Å². The smallest absolute Gasteiger partial charge is 0.241 e. The van der Waals surface area contributed by atoms with Crippen LogP contribution in [0.2, 0.25) is 0 Å². The minimum Gasteiger partial charge on any atom is -0.495 e. The third kappa shape index (κ3) is 6.95. The Morgan fingerprint density at radius 3 is 2.54 bits per heavy atom. The van der Waals surface area contributed by atoms with Gasteiger partial charge in [-0.2, -0.15) is 4.98 Å². The second kappa shape index (κ2) is 11.7. The van der Waals surface area contributed by atoms with E-state index in [4.69, 9.17) is 9.26 Å².